The second-order valence-corrected chi connectivity index (χ2v) is 7.88. The molecule has 1 aromatic heterocycles. The number of benzene rings is 1. The lowest BCUT2D eigenvalue weighted by Crippen LogP contribution is -2.44. The number of aromatic nitrogens is 1. The van der Waals surface area contributed by atoms with E-state index in [1.807, 2.05) is 40.6 Å². The standard InChI is InChI=1S/C20H26N4O3S/c25-18(23-27)8-4-5-15-9-11-24(12-10-15)20(26)21-13-17-14-28-19(22-17)16-6-2-1-3-7-16/h1-3,6-7,14-15,27H,4-5,8-13H2,(H,21,26)(H,23,25). The molecule has 1 saturated heterocycles. The Morgan fingerprint density at radius 3 is 2.68 bits per heavy atom. The van der Waals surface area contributed by atoms with Crippen LogP contribution in [-0.4, -0.2) is 40.1 Å². The molecule has 3 N–H and O–H groups in total. The zero-order valence-corrected chi connectivity index (χ0v) is 16.6. The van der Waals surface area contributed by atoms with Crippen LogP contribution >= 0.6 is 11.3 Å². The summed E-state index contributed by atoms with van der Waals surface area (Å²) in [5, 5.41) is 14.4. The topological polar surface area (TPSA) is 94.6 Å². The maximum absolute atomic E-state index is 12.4. The van der Waals surface area contributed by atoms with Gasteiger partial charge in [-0.2, -0.15) is 0 Å². The van der Waals surface area contributed by atoms with Gasteiger partial charge in [0.25, 0.3) is 0 Å². The second kappa shape index (κ2) is 10.2. The quantitative estimate of drug-likeness (QED) is 0.489. The van der Waals surface area contributed by atoms with Crippen molar-refractivity contribution in [3.05, 3.63) is 41.4 Å². The molecular formula is C20H26N4O3S. The van der Waals surface area contributed by atoms with E-state index >= 15 is 0 Å². The average molecular weight is 403 g/mol. The first-order valence-corrected chi connectivity index (χ1v) is 10.5. The van der Waals surface area contributed by atoms with Gasteiger partial charge in [0.15, 0.2) is 0 Å². The van der Waals surface area contributed by atoms with Crippen molar-refractivity contribution in [2.45, 2.75) is 38.6 Å². The SMILES string of the molecule is O=C(CCCC1CCN(C(=O)NCc2csc(-c3ccccc3)n2)CC1)NO. The molecule has 2 heterocycles. The molecule has 1 aliphatic rings. The number of amides is 3. The third-order valence-electron chi connectivity index (χ3n) is 5.04. The fraction of sp³-hybridized carbons (Fsp3) is 0.450. The maximum Gasteiger partial charge on any atom is 0.317 e. The summed E-state index contributed by atoms with van der Waals surface area (Å²) >= 11 is 1.58. The minimum atomic E-state index is -0.339. The molecule has 8 heteroatoms. The Balaban J connectivity index is 1.38. The van der Waals surface area contributed by atoms with Gasteiger partial charge in [-0.25, -0.2) is 15.3 Å². The number of carbonyl (C=O) groups is 2. The van der Waals surface area contributed by atoms with Gasteiger partial charge >= 0.3 is 6.03 Å². The number of urea groups is 1. The van der Waals surface area contributed by atoms with Crippen molar-refractivity contribution in [2.24, 2.45) is 5.92 Å². The monoisotopic (exact) mass is 402 g/mol. The van der Waals surface area contributed by atoms with Gasteiger partial charge in [0.2, 0.25) is 5.91 Å². The molecule has 0 radical (unpaired) electrons. The highest BCUT2D eigenvalue weighted by atomic mass is 32.1. The van der Waals surface area contributed by atoms with Crippen LogP contribution in [0.3, 0.4) is 0 Å². The van der Waals surface area contributed by atoms with Crippen LogP contribution < -0.4 is 10.8 Å². The molecule has 1 aliphatic heterocycles. The molecule has 3 amide bonds. The highest BCUT2D eigenvalue weighted by Crippen LogP contribution is 2.24. The predicted molar refractivity (Wildman–Crippen MR) is 108 cm³/mol. The van der Waals surface area contributed by atoms with E-state index in [4.69, 9.17) is 5.21 Å². The van der Waals surface area contributed by atoms with Crippen molar-refractivity contribution >= 4 is 23.3 Å². The van der Waals surface area contributed by atoms with E-state index in [1.54, 1.807) is 16.8 Å². The van der Waals surface area contributed by atoms with Crippen molar-refractivity contribution in [3.8, 4) is 10.6 Å². The van der Waals surface area contributed by atoms with Crippen LogP contribution in [0.5, 0.6) is 0 Å². The van der Waals surface area contributed by atoms with E-state index in [1.165, 1.54) is 0 Å². The Bertz CT molecular complexity index is 773. The number of carbonyl (C=O) groups excluding carboxylic acids is 2. The van der Waals surface area contributed by atoms with Crippen molar-refractivity contribution in [1.82, 2.24) is 20.7 Å². The molecule has 0 saturated carbocycles. The van der Waals surface area contributed by atoms with Gasteiger partial charge in [0.05, 0.1) is 12.2 Å². The summed E-state index contributed by atoms with van der Waals surface area (Å²) in [7, 11) is 0. The number of thiazole rings is 1. The first-order valence-electron chi connectivity index (χ1n) is 9.61. The number of rotatable bonds is 7. The summed E-state index contributed by atoms with van der Waals surface area (Å²) in [5.41, 5.74) is 3.61. The molecule has 0 unspecified atom stereocenters. The summed E-state index contributed by atoms with van der Waals surface area (Å²) in [5.74, 6) is 0.191. The zero-order valence-electron chi connectivity index (χ0n) is 15.8. The summed E-state index contributed by atoms with van der Waals surface area (Å²) < 4.78 is 0. The van der Waals surface area contributed by atoms with Gasteiger partial charge in [-0.05, 0) is 31.6 Å². The zero-order chi connectivity index (χ0) is 19.8. The van der Waals surface area contributed by atoms with Gasteiger partial charge in [-0.1, -0.05) is 30.3 Å². The number of hydroxylamine groups is 1. The van der Waals surface area contributed by atoms with Crippen LogP contribution in [0.4, 0.5) is 4.79 Å². The Morgan fingerprint density at radius 1 is 1.21 bits per heavy atom. The summed E-state index contributed by atoms with van der Waals surface area (Å²) in [6, 6.07) is 9.97. The Hall–Kier alpha value is -2.45. The summed E-state index contributed by atoms with van der Waals surface area (Å²) in [6.45, 7) is 1.89. The van der Waals surface area contributed by atoms with Gasteiger partial charge in [-0.15, -0.1) is 11.3 Å². The largest absolute Gasteiger partial charge is 0.332 e. The van der Waals surface area contributed by atoms with Gasteiger partial charge < -0.3 is 10.2 Å². The van der Waals surface area contributed by atoms with E-state index in [0.717, 1.165) is 55.0 Å². The van der Waals surface area contributed by atoms with Gasteiger partial charge in [0, 0.05) is 30.5 Å². The highest BCUT2D eigenvalue weighted by Gasteiger charge is 2.22. The van der Waals surface area contributed by atoms with Crippen LogP contribution in [-0.2, 0) is 11.3 Å². The molecule has 3 rings (SSSR count). The van der Waals surface area contributed by atoms with Crippen molar-refractivity contribution in [2.75, 3.05) is 13.1 Å². The second-order valence-electron chi connectivity index (χ2n) is 7.03. The number of likely N-dealkylation sites (tertiary alicyclic amines) is 1. The molecule has 2 aromatic rings. The Morgan fingerprint density at radius 2 is 1.96 bits per heavy atom. The van der Waals surface area contributed by atoms with Crippen molar-refractivity contribution < 1.29 is 14.8 Å². The third kappa shape index (κ3) is 5.77. The fourth-order valence-electron chi connectivity index (χ4n) is 3.41. The minimum absolute atomic E-state index is 0.0487. The molecule has 0 spiro atoms. The lowest BCUT2D eigenvalue weighted by molar-refractivity contribution is -0.129. The van der Waals surface area contributed by atoms with Crippen LogP contribution in [0.25, 0.3) is 10.6 Å². The van der Waals surface area contributed by atoms with E-state index < -0.39 is 0 Å². The van der Waals surface area contributed by atoms with E-state index in [2.05, 4.69) is 10.3 Å². The molecular weight excluding hydrogens is 376 g/mol. The lowest BCUT2D eigenvalue weighted by atomic mass is 9.91. The number of hydrogen-bond donors (Lipinski definition) is 3. The van der Waals surface area contributed by atoms with Gasteiger partial charge in [0.1, 0.15) is 5.01 Å². The van der Waals surface area contributed by atoms with Crippen molar-refractivity contribution in [3.63, 3.8) is 0 Å². The molecule has 28 heavy (non-hydrogen) atoms. The van der Waals surface area contributed by atoms with Crippen LogP contribution in [0.2, 0.25) is 0 Å². The van der Waals surface area contributed by atoms with Crippen LogP contribution in [0.15, 0.2) is 35.7 Å². The first-order chi connectivity index (χ1) is 13.7. The molecule has 0 atom stereocenters. The predicted octanol–water partition coefficient (Wildman–Crippen LogP) is 3.41. The number of nitrogens with zero attached hydrogens (tertiary/aromatic N) is 2. The van der Waals surface area contributed by atoms with Crippen LogP contribution in [0, 0.1) is 5.92 Å². The number of nitrogens with one attached hydrogen (secondary N) is 2. The minimum Gasteiger partial charge on any atom is -0.332 e. The van der Waals surface area contributed by atoms with Gasteiger partial charge in [-0.3, -0.25) is 10.0 Å². The maximum atomic E-state index is 12.4. The number of piperidine rings is 1. The molecule has 0 aliphatic carbocycles. The third-order valence-corrected chi connectivity index (χ3v) is 5.98. The van der Waals surface area contributed by atoms with E-state index in [0.29, 0.717) is 18.9 Å². The van der Waals surface area contributed by atoms with Crippen molar-refractivity contribution in [1.29, 1.82) is 0 Å². The average Bonchev–Trinajstić information content (AvgIpc) is 3.22. The summed E-state index contributed by atoms with van der Waals surface area (Å²) in [6.07, 6.45) is 3.95. The van der Waals surface area contributed by atoms with Crippen LogP contribution in [0.1, 0.15) is 37.8 Å². The van der Waals surface area contributed by atoms with E-state index in [9.17, 15) is 9.59 Å². The molecule has 1 aromatic carbocycles. The molecule has 150 valence electrons. The Kier molecular flexibility index (Phi) is 7.39. The molecule has 7 nitrogen and oxygen atoms in total. The summed E-state index contributed by atoms with van der Waals surface area (Å²) in [4.78, 5) is 29.9. The normalized spacial score (nSPS) is 14.7. The number of hydrogen-bond acceptors (Lipinski definition) is 5. The smallest absolute Gasteiger partial charge is 0.317 e. The first kappa shape index (κ1) is 20.3. The lowest BCUT2D eigenvalue weighted by Gasteiger charge is -2.32. The fourth-order valence-corrected chi connectivity index (χ4v) is 4.24. The highest BCUT2D eigenvalue weighted by molar-refractivity contribution is 7.13. The Labute approximate surface area is 168 Å². The molecule has 1 fully saturated rings. The van der Waals surface area contributed by atoms with E-state index in [-0.39, 0.29) is 11.9 Å². The molecule has 0 bridgehead atoms.